The molecule has 1 fully saturated rings. The molecule has 2 aliphatic heterocycles. The lowest BCUT2D eigenvalue weighted by Crippen LogP contribution is -2.48. The van der Waals surface area contributed by atoms with Crippen molar-refractivity contribution in [3.05, 3.63) is 47.5 Å². The van der Waals surface area contributed by atoms with E-state index in [0.29, 0.717) is 42.6 Å². The molecule has 0 bridgehead atoms. The standard InChI is InChI=1S/C25H30N4O5S3/c1-16-14-29(15-17(2)34-16)25(30)33-10-9-19-13-26-24(36-19)20-12-18-6-4-7-21(23(18)27-20)28(3)37(31,32)22-8-5-11-35-22/h4-8,11-12,16-17,19,27H,9-10,13-15H2,1-3H3/t16-,17+,19?. The summed E-state index contributed by atoms with van der Waals surface area (Å²) in [5.41, 5.74) is 2.18. The Kier molecular flexibility index (Phi) is 7.53. The molecular formula is C25H30N4O5S3. The van der Waals surface area contributed by atoms with Crippen molar-refractivity contribution in [1.29, 1.82) is 0 Å². The van der Waals surface area contributed by atoms with E-state index in [1.54, 1.807) is 47.3 Å². The number of carbonyl (C=O) groups excluding carboxylic acids is 1. The number of H-pyrrole nitrogens is 1. The van der Waals surface area contributed by atoms with Gasteiger partial charge in [-0.15, -0.1) is 11.3 Å². The van der Waals surface area contributed by atoms with Gasteiger partial charge >= 0.3 is 6.09 Å². The summed E-state index contributed by atoms with van der Waals surface area (Å²) >= 11 is 2.85. The highest BCUT2D eigenvalue weighted by atomic mass is 32.2. The third-order valence-corrected chi connectivity index (χ3v) is 10.8. The summed E-state index contributed by atoms with van der Waals surface area (Å²) in [4.78, 5) is 22.2. The Hall–Kier alpha value is -2.54. The molecule has 9 nitrogen and oxygen atoms in total. The summed E-state index contributed by atoms with van der Waals surface area (Å²) in [6, 6.07) is 10.9. The first-order valence-corrected chi connectivity index (χ1v) is 15.3. The van der Waals surface area contributed by atoms with Gasteiger partial charge in [-0.1, -0.05) is 30.0 Å². The molecule has 5 rings (SSSR count). The maximum atomic E-state index is 13.1. The van der Waals surface area contributed by atoms with Crippen molar-refractivity contribution in [2.24, 2.45) is 4.99 Å². The number of amides is 1. The van der Waals surface area contributed by atoms with Crippen LogP contribution in [0, 0.1) is 0 Å². The van der Waals surface area contributed by atoms with Crippen LogP contribution in [0.3, 0.4) is 0 Å². The molecule has 1 amide bonds. The number of fused-ring (bicyclic) bond motifs is 1. The van der Waals surface area contributed by atoms with Crippen LogP contribution in [0.5, 0.6) is 0 Å². The van der Waals surface area contributed by atoms with Gasteiger partial charge in [0, 0.05) is 17.7 Å². The summed E-state index contributed by atoms with van der Waals surface area (Å²) in [6.45, 7) is 5.97. The first-order valence-electron chi connectivity index (χ1n) is 12.1. The van der Waals surface area contributed by atoms with E-state index in [2.05, 4.69) is 4.98 Å². The number of aliphatic imine (C=N–C) groups is 1. The highest BCUT2D eigenvalue weighted by Gasteiger charge is 2.28. The lowest BCUT2D eigenvalue weighted by atomic mass is 10.2. The molecule has 4 heterocycles. The summed E-state index contributed by atoms with van der Waals surface area (Å²) in [6.07, 6.45) is 0.414. The Labute approximate surface area is 224 Å². The molecule has 0 spiro atoms. The second-order valence-corrected chi connectivity index (χ2v) is 13.7. The van der Waals surface area contributed by atoms with Gasteiger partial charge in [0.15, 0.2) is 0 Å². The molecule has 198 valence electrons. The number of sulfonamides is 1. The number of thiophene rings is 1. The van der Waals surface area contributed by atoms with E-state index in [-0.39, 0.29) is 23.6 Å². The average Bonchev–Trinajstić information content (AvgIpc) is 3.63. The van der Waals surface area contributed by atoms with Crippen LogP contribution in [0.4, 0.5) is 10.5 Å². The van der Waals surface area contributed by atoms with Gasteiger partial charge < -0.3 is 19.4 Å². The monoisotopic (exact) mass is 562 g/mol. The van der Waals surface area contributed by atoms with Gasteiger partial charge in [0.2, 0.25) is 0 Å². The molecule has 12 heteroatoms. The number of anilines is 1. The van der Waals surface area contributed by atoms with E-state index < -0.39 is 10.0 Å². The number of aromatic amines is 1. The zero-order valence-corrected chi connectivity index (χ0v) is 23.4. The van der Waals surface area contributed by atoms with Crippen molar-refractivity contribution in [2.45, 2.75) is 41.9 Å². The Bertz CT molecular complexity index is 1390. The van der Waals surface area contributed by atoms with Crippen LogP contribution in [-0.2, 0) is 19.5 Å². The topological polar surface area (TPSA) is 104 Å². The zero-order valence-electron chi connectivity index (χ0n) is 20.9. The highest BCUT2D eigenvalue weighted by Crippen LogP contribution is 2.34. The number of carbonyl (C=O) groups is 1. The predicted octanol–water partition coefficient (Wildman–Crippen LogP) is 4.55. The molecule has 0 saturated carbocycles. The first-order chi connectivity index (χ1) is 17.7. The molecule has 1 aromatic carbocycles. The van der Waals surface area contributed by atoms with Gasteiger partial charge in [-0.3, -0.25) is 9.30 Å². The number of hydrogen-bond acceptors (Lipinski definition) is 8. The van der Waals surface area contributed by atoms with Crippen LogP contribution >= 0.6 is 23.1 Å². The minimum atomic E-state index is -3.65. The van der Waals surface area contributed by atoms with Crippen LogP contribution in [0.1, 0.15) is 26.0 Å². The Balaban J connectivity index is 1.21. The first kappa shape index (κ1) is 26.1. The Morgan fingerprint density at radius 3 is 2.76 bits per heavy atom. The van der Waals surface area contributed by atoms with E-state index in [0.717, 1.165) is 21.6 Å². The van der Waals surface area contributed by atoms with Crippen molar-refractivity contribution in [3.8, 4) is 0 Å². The largest absolute Gasteiger partial charge is 0.449 e. The fourth-order valence-corrected chi connectivity index (χ4v) is 8.04. The van der Waals surface area contributed by atoms with Gasteiger partial charge in [0.1, 0.15) is 9.25 Å². The maximum absolute atomic E-state index is 13.1. The van der Waals surface area contributed by atoms with E-state index in [4.69, 9.17) is 14.5 Å². The van der Waals surface area contributed by atoms with Gasteiger partial charge in [-0.05, 0) is 43.8 Å². The smallest absolute Gasteiger partial charge is 0.409 e. The van der Waals surface area contributed by atoms with Crippen molar-refractivity contribution in [2.75, 3.05) is 37.6 Å². The normalized spacial score (nSPS) is 22.3. The van der Waals surface area contributed by atoms with Gasteiger partial charge in [0.25, 0.3) is 10.0 Å². The highest BCUT2D eigenvalue weighted by molar-refractivity contribution is 8.15. The maximum Gasteiger partial charge on any atom is 0.409 e. The molecule has 2 aromatic heterocycles. The van der Waals surface area contributed by atoms with Crippen molar-refractivity contribution in [3.63, 3.8) is 0 Å². The zero-order chi connectivity index (χ0) is 26.2. The van der Waals surface area contributed by atoms with Crippen molar-refractivity contribution in [1.82, 2.24) is 9.88 Å². The number of thioether (sulfide) groups is 1. The lowest BCUT2D eigenvalue weighted by molar-refractivity contribution is -0.0638. The number of para-hydroxylation sites is 1. The minimum absolute atomic E-state index is 0.00469. The van der Waals surface area contributed by atoms with Crippen LogP contribution in [0.25, 0.3) is 10.9 Å². The second kappa shape index (κ2) is 10.7. The number of nitrogens with zero attached hydrogens (tertiary/aromatic N) is 3. The fourth-order valence-electron chi connectivity index (χ4n) is 4.60. The van der Waals surface area contributed by atoms with Gasteiger partial charge in [-0.25, -0.2) is 13.2 Å². The van der Waals surface area contributed by atoms with E-state index in [1.165, 1.54) is 15.6 Å². The summed E-state index contributed by atoms with van der Waals surface area (Å²) in [5.74, 6) is 0. The number of rotatable bonds is 7. The summed E-state index contributed by atoms with van der Waals surface area (Å²) in [7, 11) is -2.07. The van der Waals surface area contributed by atoms with Gasteiger partial charge in [-0.2, -0.15) is 0 Å². The second-order valence-electron chi connectivity index (χ2n) is 9.28. The quantitative estimate of drug-likeness (QED) is 0.453. The van der Waals surface area contributed by atoms with E-state index in [9.17, 15) is 13.2 Å². The minimum Gasteiger partial charge on any atom is -0.449 e. The lowest BCUT2D eigenvalue weighted by Gasteiger charge is -2.34. The summed E-state index contributed by atoms with van der Waals surface area (Å²) < 4.78 is 39.0. The molecular weight excluding hydrogens is 532 g/mol. The number of morpholine rings is 1. The van der Waals surface area contributed by atoms with Crippen molar-refractivity contribution >= 4 is 60.8 Å². The average molecular weight is 563 g/mol. The van der Waals surface area contributed by atoms with E-state index >= 15 is 0 Å². The molecule has 1 N–H and O–H groups in total. The van der Waals surface area contributed by atoms with Crippen LogP contribution < -0.4 is 4.31 Å². The Morgan fingerprint density at radius 2 is 2.03 bits per heavy atom. The molecule has 1 unspecified atom stereocenters. The molecule has 37 heavy (non-hydrogen) atoms. The molecule has 0 aliphatic carbocycles. The van der Waals surface area contributed by atoms with Crippen LogP contribution in [0.2, 0.25) is 0 Å². The number of aromatic nitrogens is 1. The van der Waals surface area contributed by atoms with Crippen molar-refractivity contribution < 1.29 is 22.7 Å². The Morgan fingerprint density at radius 1 is 1.24 bits per heavy atom. The predicted molar refractivity (Wildman–Crippen MR) is 149 cm³/mol. The molecule has 3 atom stereocenters. The third kappa shape index (κ3) is 5.52. The number of nitrogens with one attached hydrogen (secondary N) is 1. The van der Waals surface area contributed by atoms with Crippen LogP contribution in [-0.4, -0.2) is 80.2 Å². The van der Waals surface area contributed by atoms with Gasteiger partial charge in [0.05, 0.1) is 55.3 Å². The van der Waals surface area contributed by atoms with Crippen LogP contribution in [0.15, 0.2) is 51.0 Å². The number of ether oxygens (including phenoxy) is 2. The fraction of sp³-hybridized carbons (Fsp3) is 0.440. The number of benzene rings is 1. The SMILES string of the molecule is C[C@@H]1CN(C(=O)OCCC2CN=C(c3cc4cccc(N(C)S(=O)(=O)c5cccs5)c4[nH]3)S2)C[C@H](C)O1. The molecule has 0 radical (unpaired) electrons. The number of hydrogen-bond donors (Lipinski definition) is 1. The summed E-state index contributed by atoms with van der Waals surface area (Å²) in [5, 5.41) is 3.75. The van der Waals surface area contributed by atoms with E-state index in [1.807, 2.05) is 32.0 Å². The molecule has 3 aromatic rings. The molecule has 2 aliphatic rings. The third-order valence-electron chi connectivity index (χ3n) is 6.37. The molecule has 1 saturated heterocycles.